The number of pyridine rings is 1. The van der Waals surface area contributed by atoms with Crippen molar-refractivity contribution in [2.75, 3.05) is 6.54 Å². The molecule has 1 amide bonds. The maximum absolute atomic E-state index is 12.9. The van der Waals surface area contributed by atoms with Crippen LogP contribution in [0.3, 0.4) is 0 Å². The highest BCUT2D eigenvalue weighted by molar-refractivity contribution is 5.94. The fourth-order valence-electron chi connectivity index (χ4n) is 4.37. The van der Waals surface area contributed by atoms with E-state index in [1.54, 1.807) is 6.20 Å². The zero-order valence-electron chi connectivity index (χ0n) is 16.3. The smallest absolute Gasteiger partial charge is 0.254 e. The van der Waals surface area contributed by atoms with Crippen LogP contribution in [0.1, 0.15) is 23.7 Å². The summed E-state index contributed by atoms with van der Waals surface area (Å²) in [5.41, 5.74) is 3.84. The van der Waals surface area contributed by atoms with E-state index in [1.165, 1.54) is 0 Å². The van der Waals surface area contributed by atoms with Gasteiger partial charge in [0, 0.05) is 59.8 Å². The van der Waals surface area contributed by atoms with Crippen LogP contribution in [0.25, 0.3) is 22.2 Å². The van der Waals surface area contributed by atoms with Crippen molar-refractivity contribution in [2.24, 2.45) is 5.92 Å². The molecule has 0 aliphatic carbocycles. The summed E-state index contributed by atoms with van der Waals surface area (Å²) in [5, 5.41) is 7.97. The van der Waals surface area contributed by atoms with Gasteiger partial charge in [0.2, 0.25) is 0 Å². The number of nitrogens with zero attached hydrogens (tertiary/aromatic N) is 4. The van der Waals surface area contributed by atoms with Crippen molar-refractivity contribution in [3.8, 4) is 11.1 Å². The number of hydrogen-bond donors (Lipinski definition) is 1. The first-order chi connectivity index (χ1) is 14.2. The summed E-state index contributed by atoms with van der Waals surface area (Å²) in [6.07, 6.45) is 8.68. The summed E-state index contributed by atoms with van der Waals surface area (Å²) in [7, 11) is 0. The molecule has 2 atom stereocenters. The van der Waals surface area contributed by atoms with E-state index in [9.17, 15) is 4.79 Å². The van der Waals surface area contributed by atoms with Gasteiger partial charge >= 0.3 is 0 Å². The maximum atomic E-state index is 12.9. The minimum absolute atomic E-state index is 0.126. The number of amides is 1. The summed E-state index contributed by atoms with van der Waals surface area (Å²) in [6, 6.07) is 14.1. The van der Waals surface area contributed by atoms with E-state index >= 15 is 0 Å². The van der Waals surface area contributed by atoms with Crippen molar-refractivity contribution < 1.29 is 4.79 Å². The van der Waals surface area contributed by atoms with Crippen molar-refractivity contribution in [3.05, 3.63) is 72.8 Å². The van der Waals surface area contributed by atoms with Gasteiger partial charge in [-0.1, -0.05) is 18.2 Å². The Balaban J connectivity index is 1.33. The molecule has 6 heteroatoms. The van der Waals surface area contributed by atoms with Gasteiger partial charge in [0.25, 0.3) is 5.91 Å². The largest absolute Gasteiger partial charge is 0.336 e. The molecule has 4 heterocycles. The predicted octanol–water partition coefficient (Wildman–Crippen LogP) is 3.98. The number of rotatable bonds is 4. The average molecular weight is 385 g/mol. The summed E-state index contributed by atoms with van der Waals surface area (Å²) in [5.74, 6) is 0.546. The van der Waals surface area contributed by atoms with Gasteiger partial charge in [-0.05, 0) is 43.5 Å². The first-order valence-corrected chi connectivity index (χ1v) is 9.99. The van der Waals surface area contributed by atoms with E-state index in [0.717, 1.165) is 47.2 Å². The lowest BCUT2D eigenvalue weighted by molar-refractivity contribution is 0.0742. The molecular formula is C23H23N5O. The molecule has 146 valence electrons. The highest BCUT2D eigenvalue weighted by Gasteiger charge is 2.33. The van der Waals surface area contributed by atoms with Crippen LogP contribution in [-0.4, -0.2) is 43.1 Å². The third kappa shape index (κ3) is 3.31. The first-order valence-electron chi connectivity index (χ1n) is 9.99. The van der Waals surface area contributed by atoms with Gasteiger partial charge in [-0.15, -0.1) is 0 Å². The highest BCUT2D eigenvalue weighted by atomic mass is 16.2. The predicted molar refractivity (Wildman–Crippen MR) is 112 cm³/mol. The minimum atomic E-state index is 0.126. The van der Waals surface area contributed by atoms with Crippen molar-refractivity contribution in [3.63, 3.8) is 0 Å². The molecule has 3 aromatic heterocycles. The average Bonchev–Trinajstić information content (AvgIpc) is 3.49. The van der Waals surface area contributed by atoms with Gasteiger partial charge in [-0.25, -0.2) is 4.98 Å². The van der Waals surface area contributed by atoms with Crippen LogP contribution >= 0.6 is 0 Å². The molecule has 1 aliphatic rings. The van der Waals surface area contributed by atoms with Crippen LogP contribution in [-0.2, 0) is 6.54 Å². The highest BCUT2D eigenvalue weighted by Crippen LogP contribution is 2.28. The Kier molecular flexibility index (Phi) is 4.39. The zero-order valence-corrected chi connectivity index (χ0v) is 16.3. The van der Waals surface area contributed by atoms with Crippen LogP contribution in [0.15, 0.2) is 67.3 Å². The SMILES string of the molecule is C[C@@H]1CC(Cn2ccc3cc(-c4cn[nH]c4)cnc32)CN1C(=O)c1ccccc1. The molecule has 0 saturated carbocycles. The van der Waals surface area contributed by atoms with E-state index in [4.69, 9.17) is 4.98 Å². The number of hydrogen-bond acceptors (Lipinski definition) is 3. The quantitative estimate of drug-likeness (QED) is 0.578. The lowest BCUT2D eigenvalue weighted by atomic mass is 10.1. The zero-order chi connectivity index (χ0) is 19.8. The Labute approximate surface area is 169 Å². The molecule has 1 saturated heterocycles. The normalized spacial score (nSPS) is 19.1. The van der Waals surface area contributed by atoms with E-state index < -0.39 is 0 Å². The lowest BCUT2D eigenvalue weighted by Crippen LogP contribution is -2.34. The second-order valence-electron chi connectivity index (χ2n) is 7.87. The number of benzene rings is 1. The van der Waals surface area contributed by atoms with E-state index in [0.29, 0.717) is 5.92 Å². The summed E-state index contributed by atoms with van der Waals surface area (Å²) < 4.78 is 2.21. The minimum Gasteiger partial charge on any atom is -0.336 e. The standard InChI is InChI=1S/C23H23N5O/c1-16-9-17(15-28(16)23(29)18-5-3-2-4-6-18)14-27-8-7-19-10-20(11-24-22(19)27)21-12-25-26-13-21/h2-8,10-13,16-17H,9,14-15H2,1H3,(H,25,26)/t16-,17?/m1/s1. The molecule has 1 fully saturated rings. The van der Waals surface area contributed by atoms with Crippen molar-refractivity contribution in [1.29, 1.82) is 0 Å². The molecule has 1 aromatic carbocycles. The molecule has 0 radical (unpaired) electrons. The molecule has 4 aromatic rings. The van der Waals surface area contributed by atoms with E-state index in [1.807, 2.05) is 47.6 Å². The molecular weight excluding hydrogens is 362 g/mol. The Morgan fingerprint density at radius 3 is 2.83 bits per heavy atom. The number of likely N-dealkylation sites (tertiary alicyclic amines) is 1. The van der Waals surface area contributed by atoms with Gasteiger partial charge in [0.1, 0.15) is 5.65 Å². The number of fused-ring (bicyclic) bond motifs is 1. The maximum Gasteiger partial charge on any atom is 0.254 e. The number of nitrogens with one attached hydrogen (secondary N) is 1. The Morgan fingerprint density at radius 2 is 2.03 bits per heavy atom. The summed E-state index contributed by atoms with van der Waals surface area (Å²) in [6.45, 7) is 3.79. The van der Waals surface area contributed by atoms with Gasteiger partial charge in [-0.2, -0.15) is 5.10 Å². The number of carbonyl (C=O) groups excluding carboxylic acids is 1. The van der Waals surface area contributed by atoms with Gasteiger partial charge in [0.15, 0.2) is 0 Å². The van der Waals surface area contributed by atoms with Gasteiger partial charge in [0.05, 0.1) is 6.20 Å². The Bertz CT molecular complexity index is 1130. The topological polar surface area (TPSA) is 66.8 Å². The third-order valence-electron chi connectivity index (χ3n) is 5.83. The number of aromatic nitrogens is 4. The van der Waals surface area contributed by atoms with Crippen molar-refractivity contribution in [1.82, 2.24) is 24.6 Å². The molecule has 5 rings (SSSR count). The molecule has 29 heavy (non-hydrogen) atoms. The van der Waals surface area contributed by atoms with Crippen LogP contribution in [0.2, 0.25) is 0 Å². The van der Waals surface area contributed by atoms with Gasteiger partial charge in [-0.3, -0.25) is 9.89 Å². The van der Waals surface area contributed by atoms with Crippen LogP contribution in [0.4, 0.5) is 0 Å². The fourth-order valence-corrected chi connectivity index (χ4v) is 4.37. The number of carbonyl (C=O) groups is 1. The van der Waals surface area contributed by atoms with Gasteiger partial charge < -0.3 is 9.47 Å². The van der Waals surface area contributed by atoms with Crippen molar-refractivity contribution in [2.45, 2.75) is 25.9 Å². The molecule has 1 N–H and O–H groups in total. The first kappa shape index (κ1) is 17.7. The molecule has 1 aliphatic heterocycles. The van der Waals surface area contributed by atoms with Crippen molar-refractivity contribution >= 4 is 16.9 Å². The lowest BCUT2D eigenvalue weighted by Gasteiger charge is -2.21. The van der Waals surface area contributed by atoms with Crippen LogP contribution < -0.4 is 0 Å². The molecule has 6 nitrogen and oxygen atoms in total. The fraction of sp³-hybridized carbons (Fsp3) is 0.261. The Morgan fingerprint density at radius 1 is 1.17 bits per heavy atom. The summed E-state index contributed by atoms with van der Waals surface area (Å²) in [4.78, 5) is 19.6. The molecule has 0 spiro atoms. The monoisotopic (exact) mass is 385 g/mol. The van der Waals surface area contributed by atoms with Crippen LogP contribution in [0, 0.1) is 5.92 Å². The van der Waals surface area contributed by atoms with Crippen LogP contribution in [0.5, 0.6) is 0 Å². The summed E-state index contributed by atoms with van der Waals surface area (Å²) >= 11 is 0. The van der Waals surface area contributed by atoms with E-state index in [2.05, 4.69) is 40.0 Å². The third-order valence-corrected chi connectivity index (χ3v) is 5.83. The Hall–Kier alpha value is -3.41. The number of aromatic amines is 1. The molecule has 1 unspecified atom stereocenters. The second kappa shape index (κ2) is 7.20. The second-order valence-corrected chi connectivity index (χ2v) is 7.87. The molecule has 0 bridgehead atoms. The van der Waals surface area contributed by atoms with E-state index in [-0.39, 0.29) is 11.9 Å². The number of H-pyrrole nitrogens is 1.